The fourth-order valence-electron chi connectivity index (χ4n) is 1.37. The van der Waals surface area contributed by atoms with Crippen LogP contribution in [-0.2, 0) is 0 Å². The summed E-state index contributed by atoms with van der Waals surface area (Å²) in [6.07, 6.45) is -4.02. The molecule has 0 aromatic carbocycles. The lowest BCUT2D eigenvalue weighted by Crippen LogP contribution is -2.42. The molecule has 0 aromatic rings. The highest BCUT2D eigenvalue weighted by Gasteiger charge is 2.30. The Morgan fingerprint density at radius 1 is 1.31 bits per heavy atom. The van der Waals surface area contributed by atoms with Gasteiger partial charge in [-0.15, -0.1) is 0 Å². The van der Waals surface area contributed by atoms with Gasteiger partial charge in [0.15, 0.2) is 0 Å². The monoisotopic (exact) mass is 242 g/mol. The summed E-state index contributed by atoms with van der Waals surface area (Å²) in [6.45, 7) is 4.11. The van der Waals surface area contributed by atoms with E-state index in [4.69, 9.17) is 0 Å². The normalized spacial score (nSPS) is 14.4. The van der Waals surface area contributed by atoms with E-state index < -0.39 is 18.8 Å². The van der Waals surface area contributed by atoms with Crippen molar-refractivity contribution in [2.75, 3.05) is 32.7 Å². The van der Waals surface area contributed by atoms with Gasteiger partial charge in [-0.2, -0.15) is 13.2 Å². The summed E-state index contributed by atoms with van der Waals surface area (Å²) >= 11 is 0. The molecule has 0 amide bonds. The SMILES string of the molecule is CCCNCC(O)CN(CC)CC(F)(F)F. The Balaban J connectivity index is 3.83. The molecule has 0 radical (unpaired) electrons. The molecule has 0 saturated heterocycles. The second-order valence-corrected chi connectivity index (χ2v) is 3.80. The van der Waals surface area contributed by atoms with Gasteiger partial charge in [-0.25, -0.2) is 0 Å². The van der Waals surface area contributed by atoms with Crippen molar-refractivity contribution in [3.8, 4) is 0 Å². The summed E-state index contributed by atoms with van der Waals surface area (Å²) in [5, 5.41) is 12.5. The van der Waals surface area contributed by atoms with Crippen molar-refractivity contribution < 1.29 is 18.3 Å². The van der Waals surface area contributed by atoms with E-state index in [0.717, 1.165) is 13.0 Å². The van der Waals surface area contributed by atoms with Gasteiger partial charge in [0.2, 0.25) is 0 Å². The van der Waals surface area contributed by atoms with Gasteiger partial charge < -0.3 is 10.4 Å². The highest BCUT2D eigenvalue weighted by atomic mass is 19.4. The van der Waals surface area contributed by atoms with Gasteiger partial charge in [-0.05, 0) is 19.5 Å². The van der Waals surface area contributed by atoms with Crippen LogP contribution in [-0.4, -0.2) is 55.0 Å². The highest BCUT2D eigenvalue weighted by Crippen LogP contribution is 2.16. The molecular weight excluding hydrogens is 221 g/mol. The van der Waals surface area contributed by atoms with Crippen molar-refractivity contribution in [2.45, 2.75) is 32.5 Å². The number of alkyl halides is 3. The van der Waals surface area contributed by atoms with Crippen LogP contribution in [0.25, 0.3) is 0 Å². The third-order valence-corrected chi connectivity index (χ3v) is 2.13. The molecule has 6 heteroatoms. The van der Waals surface area contributed by atoms with Crippen LogP contribution in [0, 0.1) is 0 Å². The summed E-state index contributed by atoms with van der Waals surface area (Å²) in [5.74, 6) is 0. The molecule has 16 heavy (non-hydrogen) atoms. The summed E-state index contributed by atoms with van der Waals surface area (Å²) in [7, 11) is 0. The Morgan fingerprint density at radius 2 is 1.94 bits per heavy atom. The van der Waals surface area contributed by atoms with E-state index in [2.05, 4.69) is 5.32 Å². The predicted molar refractivity (Wildman–Crippen MR) is 57.3 cm³/mol. The average Bonchev–Trinajstić information content (AvgIpc) is 2.15. The molecule has 0 bridgehead atoms. The Hall–Kier alpha value is -0.330. The van der Waals surface area contributed by atoms with E-state index in [1.165, 1.54) is 4.90 Å². The molecule has 0 aliphatic rings. The lowest BCUT2D eigenvalue weighted by atomic mass is 10.3. The Kier molecular flexibility index (Phi) is 7.70. The number of nitrogens with one attached hydrogen (secondary N) is 1. The first kappa shape index (κ1) is 15.7. The van der Waals surface area contributed by atoms with E-state index >= 15 is 0 Å². The number of halogens is 3. The van der Waals surface area contributed by atoms with Crippen LogP contribution in [0.2, 0.25) is 0 Å². The zero-order chi connectivity index (χ0) is 12.6. The molecule has 0 aliphatic carbocycles. The maximum Gasteiger partial charge on any atom is 0.401 e. The van der Waals surface area contributed by atoms with Crippen LogP contribution >= 0.6 is 0 Å². The van der Waals surface area contributed by atoms with Crippen LogP contribution in [0.1, 0.15) is 20.3 Å². The molecule has 1 atom stereocenters. The molecule has 0 aliphatic heterocycles. The van der Waals surface area contributed by atoms with Crippen LogP contribution in [0.15, 0.2) is 0 Å². The number of aliphatic hydroxyl groups is 1. The second-order valence-electron chi connectivity index (χ2n) is 3.80. The van der Waals surface area contributed by atoms with Crippen LogP contribution in [0.3, 0.4) is 0 Å². The first-order valence-corrected chi connectivity index (χ1v) is 5.57. The number of aliphatic hydroxyl groups excluding tert-OH is 1. The van der Waals surface area contributed by atoms with Gasteiger partial charge in [0.25, 0.3) is 0 Å². The Morgan fingerprint density at radius 3 is 2.38 bits per heavy atom. The third-order valence-electron chi connectivity index (χ3n) is 2.13. The van der Waals surface area contributed by atoms with Gasteiger partial charge in [-0.1, -0.05) is 13.8 Å². The van der Waals surface area contributed by atoms with Crippen molar-refractivity contribution in [1.82, 2.24) is 10.2 Å². The van der Waals surface area contributed by atoms with Crippen molar-refractivity contribution in [2.24, 2.45) is 0 Å². The number of hydrogen-bond donors (Lipinski definition) is 2. The molecule has 0 rings (SSSR count). The highest BCUT2D eigenvalue weighted by molar-refractivity contribution is 4.68. The van der Waals surface area contributed by atoms with Gasteiger partial charge in [0.1, 0.15) is 0 Å². The fourth-order valence-corrected chi connectivity index (χ4v) is 1.37. The van der Waals surface area contributed by atoms with Crippen LogP contribution < -0.4 is 5.32 Å². The zero-order valence-electron chi connectivity index (χ0n) is 9.85. The van der Waals surface area contributed by atoms with E-state index in [0.29, 0.717) is 6.54 Å². The number of rotatable bonds is 8. The Bertz CT molecular complexity index is 176. The summed E-state index contributed by atoms with van der Waals surface area (Å²) < 4.78 is 36.3. The largest absolute Gasteiger partial charge is 0.401 e. The van der Waals surface area contributed by atoms with E-state index in [9.17, 15) is 18.3 Å². The number of hydrogen-bond acceptors (Lipinski definition) is 3. The van der Waals surface area contributed by atoms with E-state index in [-0.39, 0.29) is 13.1 Å². The minimum atomic E-state index is -4.20. The predicted octanol–water partition coefficient (Wildman–Crippen LogP) is 1.23. The molecular formula is C10H21F3N2O. The van der Waals surface area contributed by atoms with Crippen molar-refractivity contribution >= 4 is 0 Å². The van der Waals surface area contributed by atoms with Gasteiger partial charge >= 0.3 is 6.18 Å². The molecule has 0 aromatic heterocycles. The summed E-state index contributed by atoms with van der Waals surface area (Å²) in [5.41, 5.74) is 0. The molecule has 98 valence electrons. The molecule has 0 heterocycles. The molecule has 0 spiro atoms. The van der Waals surface area contributed by atoms with Crippen molar-refractivity contribution in [1.29, 1.82) is 0 Å². The first-order valence-electron chi connectivity index (χ1n) is 5.57. The third kappa shape index (κ3) is 8.94. The molecule has 2 N–H and O–H groups in total. The lowest BCUT2D eigenvalue weighted by Gasteiger charge is -2.24. The fraction of sp³-hybridized carbons (Fsp3) is 1.00. The minimum absolute atomic E-state index is 0.0483. The lowest BCUT2D eigenvalue weighted by molar-refractivity contribution is -0.147. The van der Waals surface area contributed by atoms with E-state index in [1.54, 1.807) is 6.92 Å². The standard InChI is InChI=1S/C10H21F3N2O/c1-3-5-14-6-9(16)7-15(4-2)8-10(11,12)13/h9,14,16H,3-8H2,1-2H3. The number of nitrogens with zero attached hydrogens (tertiary/aromatic N) is 1. The summed E-state index contributed by atoms with van der Waals surface area (Å²) in [6, 6.07) is 0. The molecule has 0 saturated carbocycles. The van der Waals surface area contributed by atoms with Crippen LogP contribution in [0.4, 0.5) is 13.2 Å². The first-order chi connectivity index (χ1) is 7.39. The average molecular weight is 242 g/mol. The maximum atomic E-state index is 12.1. The molecule has 1 unspecified atom stereocenters. The van der Waals surface area contributed by atoms with Crippen molar-refractivity contribution in [3.05, 3.63) is 0 Å². The Labute approximate surface area is 94.6 Å². The summed E-state index contributed by atoms with van der Waals surface area (Å²) in [4.78, 5) is 1.19. The van der Waals surface area contributed by atoms with Gasteiger partial charge in [-0.3, -0.25) is 4.90 Å². The smallest absolute Gasteiger partial charge is 0.390 e. The molecule has 0 fully saturated rings. The zero-order valence-corrected chi connectivity index (χ0v) is 9.85. The van der Waals surface area contributed by atoms with Gasteiger partial charge in [0.05, 0.1) is 12.6 Å². The van der Waals surface area contributed by atoms with Crippen LogP contribution in [0.5, 0.6) is 0 Å². The topological polar surface area (TPSA) is 35.5 Å². The second kappa shape index (κ2) is 7.86. The number of likely N-dealkylation sites (N-methyl/N-ethyl adjacent to an activating group) is 1. The van der Waals surface area contributed by atoms with E-state index in [1.807, 2.05) is 6.92 Å². The molecule has 3 nitrogen and oxygen atoms in total. The van der Waals surface area contributed by atoms with Crippen molar-refractivity contribution in [3.63, 3.8) is 0 Å². The van der Waals surface area contributed by atoms with Gasteiger partial charge in [0, 0.05) is 13.1 Å². The maximum absolute atomic E-state index is 12.1. The quantitative estimate of drug-likeness (QED) is 0.628. The minimum Gasteiger partial charge on any atom is -0.390 e.